The van der Waals surface area contributed by atoms with E-state index in [9.17, 15) is 78.0 Å². The Labute approximate surface area is 517 Å². The Balaban J connectivity index is 2.47. The quantitative estimate of drug-likeness (QED) is 0.0186. The average Bonchev–Trinajstić information content (AvgIpc) is 3.63. The van der Waals surface area contributed by atoms with E-state index in [2.05, 4.69) is 58.2 Å². The molecule has 0 aliphatic rings. The summed E-state index contributed by atoms with van der Waals surface area (Å²) < 4.78 is 0. The fourth-order valence-corrected chi connectivity index (χ4v) is 8.72. The summed E-state index contributed by atoms with van der Waals surface area (Å²) in [5, 5.41) is 64.4. The number of aliphatic imine (C=N–C) groups is 1. The lowest BCUT2D eigenvalue weighted by Gasteiger charge is -2.28. The summed E-state index contributed by atoms with van der Waals surface area (Å²) in [5.41, 5.74) is 17.9. The number of aliphatic hydroxyl groups excluding tert-OH is 1. The molecule has 2 aromatic carbocycles. The second-order valence-corrected chi connectivity index (χ2v) is 23.3. The fourth-order valence-electron chi connectivity index (χ4n) is 8.72. The van der Waals surface area contributed by atoms with Gasteiger partial charge in [-0.3, -0.25) is 57.7 Å². The first-order valence-electron chi connectivity index (χ1n) is 29.4. The predicted octanol–water partition coefficient (Wildman–Crippen LogP) is -2.60. The molecule has 30 heteroatoms. The molecule has 30 nitrogen and oxygen atoms in total. The van der Waals surface area contributed by atoms with Gasteiger partial charge < -0.3 is 90.8 Å². The molecule has 11 atom stereocenters. The third-order valence-corrected chi connectivity index (χ3v) is 13.7. The largest absolute Gasteiger partial charge is 0.508 e. The summed E-state index contributed by atoms with van der Waals surface area (Å²) in [7, 11) is 0. The second-order valence-electron chi connectivity index (χ2n) is 23.3. The monoisotopic (exact) mass is 1250 g/mol. The van der Waals surface area contributed by atoms with Gasteiger partial charge in [-0.15, -0.1) is 0 Å². The van der Waals surface area contributed by atoms with E-state index in [1.807, 2.05) is 0 Å². The van der Waals surface area contributed by atoms with Crippen molar-refractivity contribution in [2.45, 2.75) is 181 Å². The van der Waals surface area contributed by atoms with Gasteiger partial charge in [-0.1, -0.05) is 97.9 Å². The van der Waals surface area contributed by atoms with E-state index in [1.54, 1.807) is 85.7 Å². The number of carboxylic acids is 2. The van der Waals surface area contributed by atoms with Crippen LogP contribution >= 0.6 is 0 Å². The van der Waals surface area contributed by atoms with Crippen LogP contribution in [0.4, 0.5) is 0 Å². The number of phenols is 1. The maximum atomic E-state index is 14.6. The highest BCUT2D eigenvalue weighted by molar-refractivity contribution is 5.99. The molecule has 0 saturated heterocycles. The summed E-state index contributed by atoms with van der Waals surface area (Å²) in [6.07, 6.45) is -2.98. The van der Waals surface area contributed by atoms with E-state index in [4.69, 9.17) is 17.2 Å². The van der Waals surface area contributed by atoms with Crippen molar-refractivity contribution in [1.82, 2.24) is 53.2 Å². The van der Waals surface area contributed by atoms with Crippen LogP contribution in [0, 0.1) is 23.7 Å². The van der Waals surface area contributed by atoms with Gasteiger partial charge in [-0.05, 0) is 86.5 Å². The molecule has 0 unspecified atom stereocenters. The summed E-state index contributed by atoms with van der Waals surface area (Å²) >= 11 is 0. The van der Waals surface area contributed by atoms with Crippen LogP contribution < -0.4 is 70.4 Å². The fraction of sp³-hybridized carbons (Fsp3) is 0.576. The van der Waals surface area contributed by atoms with Gasteiger partial charge in [0.15, 0.2) is 12.0 Å². The van der Waals surface area contributed by atoms with Gasteiger partial charge >= 0.3 is 11.9 Å². The molecule has 2 aromatic rings. The first-order valence-corrected chi connectivity index (χ1v) is 29.4. The van der Waals surface area contributed by atoms with Gasteiger partial charge in [0.05, 0.1) is 25.1 Å². The lowest BCUT2D eigenvalue weighted by molar-refractivity contribution is -0.145. The van der Waals surface area contributed by atoms with Gasteiger partial charge in [0.2, 0.25) is 59.1 Å². The number of aromatic hydroxyl groups is 1. The lowest BCUT2D eigenvalue weighted by Crippen LogP contribution is -2.60. The molecule has 0 radical (unpaired) electrons. The van der Waals surface area contributed by atoms with Crippen molar-refractivity contribution >= 4 is 77.0 Å². The Bertz CT molecular complexity index is 2760. The van der Waals surface area contributed by atoms with E-state index < -0.39 is 156 Å². The average molecular weight is 1250 g/mol. The van der Waals surface area contributed by atoms with E-state index in [0.29, 0.717) is 11.1 Å². The van der Waals surface area contributed by atoms with Crippen molar-refractivity contribution in [2.75, 3.05) is 13.1 Å². The Morgan fingerprint density at radius 2 is 0.955 bits per heavy atom. The van der Waals surface area contributed by atoms with E-state index in [1.165, 1.54) is 31.2 Å². The van der Waals surface area contributed by atoms with Gasteiger partial charge in [0, 0.05) is 19.4 Å². The second kappa shape index (κ2) is 37.7. The number of carboxylic acid groups (broad SMARTS) is 2. The number of rotatable bonds is 38. The number of benzene rings is 2. The molecule has 494 valence electrons. The van der Waals surface area contributed by atoms with Crippen molar-refractivity contribution in [3.05, 3.63) is 65.7 Å². The molecule has 0 aromatic heterocycles. The van der Waals surface area contributed by atoms with Crippen molar-refractivity contribution in [3.63, 3.8) is 0 Å². The Kier molecular flexibility index (Phi) is 32.3. The number of carbonyl (C=O) groups is 12. The van der Waals surface area contributed by atoms with Crippen molar-refractivity contribution < 1.29 is 78.0 Å². The van der Waals surface area contributed by atoms with Crippen molar-refractivity contribution in [2.24, 2.45) is 45.9 Å². The highest BCUT2D eigenvalue weighted by Gasteiger charge is 2.37. The molecule has 89 heavy (non-hydrogen) atoms. The molecule has 10 amide bonds. The lowest BCUT2D eigenvalue weighted by atomic mass is 9.99. The van der Waals surface area contributed by atoms with Crippen molar-refractivity contribution in [1.29, 1.82) is 0 Å². The zero-order valence-electron chi connectivity index (χ0n) is 52.1. The highest BCUT2D eigenvalue weighted by Crippen LogP contribution is 2.15. The minimum atomic E-state index is -1.85. The number of aliphatic carboxylic acids is 2. The normalized spacial score (nSPS) is 14.9. The Morgan fingerprint density at radius 3 is 1.44 bits per heavy atom. The van der Waals surface area contributed by atoms with Crippen LogP contribution in [-0.2, 0) is 70.4 Å². The van der Waals surface area contributed by atoms with Crippen LogP contribution in [0.2, 0.25) is 0 Å². The van der Waals surface area contributed by atoms with Gasteiger partial charge in [0.25, 0.3) is 0 Å². The molecular formula is C59H92N14O16. The topological polar surface area (TPSA) is 496 Å². The van der Waals surface area contributed by atoms with E-state index in [-0.39, 0.29) is 74.5 Å². The smallest absolute Gasteiger partial charge is 0.328 e. The third kappa shape index (κ3) is 28.2. The number of amides is 10. The summed E-state index contributed by atoms with van der Waals surface area (Å²) in [6, 6.07) is -0.248. The molecule has 0 aliphatic heterocycles. The highest BCUT2D eigenvalue weighted by atomic mass is 16.4. The van der Waals surface area contributed by atoms with Gasteiger partial charge in [-0.25, -0.2) is 4.79 Å². The molecule has 0 aliphatic carbocycles. The molecule has 2 rings (SSSR count). The first kappa shape index (κ1) is 76.2. The summed E-state index contributed by atoms with van der Waals surface area (Å²) in [6.45, 7) is 15.2. The van der Waals surface area contributed by atoms with Crippen molar-refractivity contribution in [3.8, 4) is 5.75 Å². The number of nitrogens with two attached hydrogens (primary N) is 3. The van der Waals surface area contributed by atoms with Gasteiger partial charge in [0.1, 0.15) is 54.1 Å². The third-order valence-electron chi connectivity index (χ3n) is 13.7. The molecule has 0 heterocycles. The maximum absolute atomic E-state index is 14.6. The van der Waals surface area contributed by atoms with Crippen LogP contribution in [0.25, 0.3) is 0 Å². The number of nitrogens with one attached hydrogen (secondary N) is 10. The Hall–Kier alpha value is -8.93. The molecule has 0 fully saturated rings. The van der Waals surface area contributed by atoms with Gasteiger partial charge in [-0.2, -0.15) is 0 Å². The number of aliphatic hydroxyl groups is 1. The minimum absolute atomic E-state index is 0.00718. The van der Waals surface area contributed by atoms with Crippen LogP contribution in [0.1, 0.15) is 112 Å². The summed E-state index contributed by atoms with van der Waals surface area (Å²) in [5.74, 6) is -13.9. The number of nitrogens with zero attached hydrogens (tertiary/aromatic N) is 1. The number of hydrogen-bond donors (Lipinski definition) is 17. The number of hydrogen-bond acceptors (Lipinski definition) is 16. The molecule has 0 bridgehead atoms. The maximum Gasteiger partial charge on any atom is 0.328 e. The standard InChI is InChI=1S/C59H92N14O16/c1-29(2)23-39(68-49(79)33(9)65-56(86)46(60)31(5)6)54(84)72-47(32(7)8)57(87)71-43(27-45(77)78)50(80)64-28-44(76)66-41(26-36-18-20-37(75)21-19-36)52(82)70-42(25-35-15-12-11-13-16-35)53(83)67-38(17-14-22-63-59(61)62)51(81)69-40(24-30(3)4)55(85)73-48(34(10)74)58(88)89/h11-13,15-16,18-21,29-34,38-43,46-48,74-75H,14,17,22-28,60H2,1-10H3,(H,64,80)(H,65,86)(H,66,76)(H,67,83)(H,68,79)(H,69,81)(H,70,82)(H,71,87)(H,72,84)(H,73,85)(H,77,78)(H,88,89)(H4,61,62,63)/t33-,34+,38-,39-,40-,41-,42-,43-,46-,47-,48-/m0/s1. The Morgan fingerprint density at radius 1 is 0.494 bits per heavy atom. The molecule has 20 N–H and O–H groups in total. The summed E-state index contributed by atoms with van der Waals surface area (Å²) in [4.78, 5) is 166. The number of phenolic OH excluding ortho intramolecular Hbond substituents is 1. The number of carbonyl (C=O) groups excluding carboxylic acids is 10. The zero-order chi connectivity index (χ0) is 67.4. The van der Waals surface area contributed by atoms with Crippen LogP contribution in [0.15, 0.2) is 59.6 Å². The SMILES string of the molecule is CC(C)C[C@H](NC(=O)[C@H](C)NC(=O)[C@@H](N)C(C)C)C(=O)N[C@H](C(=O)N[C@@H](CC(=O)O)C(=O)NCC(=O)N[C@@H](Cc1ccc(O)cc1)C(=O)N[C@@H](Cc1ccccc1)C(=O)N[C@@H](CCCN=C(N)N)C(=O)N[C@@H](CC(C)C)C(=O)N[C@H](C(=O)O)[C@@H](C)O)C(C)C. The van der Waals surface area contributed by atoms with Crippen LogP contribution in [-0.4, -0.2) is 177 Å². The van der Waals surface area contributed by atoms with E-state index >= 15 is 0 Å². The first-order chi connectivity index (χ1) is 41.6. The van der Waals surface area contributed by atoms with Crippen LogP contribution in [0.3, 0.4) is 0 Å². The molecule has 0 saturated carbocycles. The number of guanidine groups is 1. The minimum Gasteiger partial charge on any atom is -0.508 e. The molecule has 0 spiro atoms. The van der Waals surface area contributed by atoms with E-state index in [0.717, 1.165) is 6.92 Å². The van der Waals surface area contributed by atoms with Crippen LogP contribution in [0.5, 0.6) is 5.75 Å². The zero-order valence-corrected chi connectivity index (χ0v) is 52.1. The predicted molar refractivity (Wildman–Crippen MR) is 326 cm³/mol. The molecular weight excluding hydrogens is 1160 g/mol.